The molecule has 0 saturated heterocycles. The number of benzene rings is 2. The van der Waals surface area contributed by atoms with E-state index in [4.69, 9.17) is 4.74 Å². The molecule has 1 atom stereocenters. The Morgan fingerprint density at radius 1 is 1.04 bits per heavy atom. The van der Waals surface area contributed by atoms with Crippen LogP contribution in [0.5, 0.6) is 5.75 Å². The van der Waals surface area contributed by atoms with Gasteiger partial charge in [-0.25, -0.2) is 0 Å². The van der Waals surface area contributed by atoms with Gasteiger partial charge < -0.3 is 15.0 Å². The number of carbonyl (C=O) groups excluding carboxylic acids is 2. The average Bonchev–Trinajstić information content (AvgIpc) is 2.72. The number of amides is 2. The van der Waals surface area contributed by atoms with Gasteiger partial charge in [0.2, 0.25) is 11.8 Å². The molecule has 2 aromatic carbocycles. The van der Waals surface area contributed by atoms with Gasteiger partial charge in [0.25, 0.3) is 0 Å². The minimum Gasteiger partial charge on any atom is -0.497 e. The third-order valence-corrected chi connectivity index (χ3v) is 4.62. The summed E-state index contributed by atoms with van der Waals surface area (Å²) in [5, 5.41) is 2.93. The van der Waals surface area contributed by atoms with Crippen molar-refractivity contribution in [2.75, 3.05) is 13.7 Å². The lowest BCUT2D eigenvalue weighted by atomic mass is 10.1. The molecule has 2 aromatic rings. The van der Waals surface area contributed by atoms with E-state index in [2.05, 4.69) is 5.32 Å². The highest BCUT2D eigenvalue weighted by Gasteiger charge is 2.28. The number of nitrogens with zero attached hydrogens (tertiary/aromatic N) is 1. The van der Waals surface area contributed by atoms with E-state index in [1.807, 2.05) is 68.4 Å². The van der Waals surface area contributed by atoms with Crippen LogP contribution in [0.15, 0.2) is 54.6 Å². The number of ether oxygens (including phenoxy) is 1. The number of nitrogens with one attached hydrogen (secondary N) is 1. The van der Waals surface area contributed by atoms with Crippen LogP contribution in [0.2, 0.25) is 0 Å². The summed E-state index contributed by atoms with van der Waals surface area (Å²) in [5.74, 6) is 0.567. The maximum Gasteiger partial charge on any atom is 0.242 e. The molecule has 0 aliphatic rings. The zero-order valence-electron chi connectivity index (χ0n) is 17.0. The molecule has 0 radical (unpaired) electrons. The Morgan fingerprint density at radius 2 is 1.75 bits per heavy atom. The summed E-state index contributed by atoms with van der Waals surface area (Å²) in [7, 11) is 1.62. The van der Waals surface area contributed by atoms with Crippen LogP contribution in [0.3, 0.4) is 0 Å². The standard InChI is InChI=1S/C23H30N2O3/c1-4-14-24-23(27)21(5-2)25(17-19-12-9-13-20(15-19)28-3)22(26)16-18-10-7-6-8-11-18/h6-13,15,21H,4-5,14,16-17H2,1-3H3,(H,24,27)/t21-/m0/s1. The molecule has 0 aliphatic heterocycles. The van der Waals surface area contributed by atoms with Crippen molar-refractivity contribution in [2.24, 2.45) is 0 Å². The fraction of sp³-hybridized carbons (Fsp3) is 0.391. The topological polar surface area (TPSA) is 58.6 Å². The number of methoxy groups -OCH3 is 1. The Labute approximate surface area is 167 Å². The van der Waals surface area contributed by atoms with Crippen LogP contribution in [0, 0.1) is 0 Å². The molecule has 0 bridgehead atoms. The third kappa shape index (κ3) is 6.12. The molecule has 150 valence electrons. The van der Waals surface area contributed by atoms with Gasteiger partial charge in [0.15, 0.2) is 0 Å². The van der Waals surface area contributed by atoms with Gasteiger partial charge in [-0.1, -0.05) is 56.3 Å². The van der Waals surface area contributed by atoms with E-state index in [0.29, 0.717) is 19.5 Å². The number of hydrogen-bond acceptors (Lipinski definition) is 3. The molecule has 0 spiro atoms. The summed E-state index contributed by atoms with van der Waals surface area (Å²) >= 11 is 0. The molecule has 0 saturated carbocycles. The Morgan fingerprint density at radius 3 is 2.39 bits per heavy atom. The van der Waals surface area contributed by atoms with E-state index in [9.17, 15) is 9.59 Å². The Balaban J connectivity index is 2.26. The van der Waals surface area contributed by atoms with E-state index in [-0.39, 0.29) is 18.2 Å². The molecular formula is C23H30N2O3. The third-order valence-electron chi connectivity index (χ3n) is 4.62. The van der Waals surface area contributed by atoms with Crippen LogP contribution in [0.1, 0.15) is 37.8 Å². The maximum absolute atomic E-state index is 13.2. The fourth-order valence-corrected chi connectivity index (χ4v) is 3.13. The van der Waals surface area contributed by atoms with Crippen molar-refractivity contribution in [2.45, 2.75) is 45.7 Å². The SMILES string of the molecule is CCCNC(=O)[C@H](CC)N(Cc1cccc(OC)c1)C(=O)Cc1ccccc1. The molecule has 0 aromatic heterocycles. The predicted molar refractivity (Wildman–Crippen MR) is 111 cm³/mol. The summed E-state index contributed by atoms with van der Waals surface area (Å²) in [6.07, 6.45) is 1.68. The van der Waals surface area contributed by atoms with Gasteiger partial charge >= 0.3 is 0 Å². The minimum atomic E-state index is -0.506. The highest BCUT2D eigenvalue weighted by Crippen LogP contribution is 2.18. The van der Waals surface area contributed by atoms with E-state index in [0.717, 1.165) is 23.3 Å². The predicted octanol–water partition coefficient (Wildman–Crippen LogP) is 3.57. The molecule has 2 amide bonds. The monoisotopic (exact) mass is 382 g/mol. The highest BCUT2D eigenvalue weighted by molar-refractivity contribution is 5.88. The molecule has 0 unspecified atom stereocenters. The van der Waals surface area contributed by atoms with Gasteiger partial charge in [-0.05, 0) is 36.1 Å². The van der Waals surface area contributed by atoms with Crippen LogP contribution in [0.4, 0.5) is 0 Å². The molecule has 0 fully saturated rings. The van der Waals surface area contributed by atoms with E-state index < -0.39 is 6.04 Å². The highest BCUT2D eigenvalue weighted by atomic mass is 16.5. The number of rotatable bonds is 10. The van der Waals surface area contributed by atoms with Crippen molar-refractivity contribution in [1.82, 2.24) is 10.2 Å². The van der Waals surface area contributed by atoms with Crippen molar-refractivity contribution in [3.05, 3.63) is 65.7 Å². The van der Waals surface area contributed by atoms with Crippen LogP contribution in [-0.2, 0) is 22.6 Å². The van der Waals surface area contributed by atoms with Crippen molar-refractivity contribution >= 4 is 11.8 Å². The summed E-state index contributed by atoms with van der Waals surface area (Å²) in [6, 6.07) is 16.7. The molecule has 0 heterocycles. The minimum absolute atomic E-state index is 0.0625. The van der Waals surface area contributed by atoms with Crippen molar-refractivity contribution < 1.29 is 14.3 Å². The summed E-state index contributed by atoms with van der Waals surface area (Å²) < 4.78 is 5.30. The molecule has 5 nitrogen and oxygen atoms in total. The largest absolute Gasteiger partial charge is 0.497 e. The van der Waals surface area contributed by atoms with Crippen LogP contribution in [-0.4, -0.2) is 36.4 Å². The smallest absolute Gasteiger partial charge is 0.242 e. The molecule has 1 N–H and O–H groups in total. The van der Waals surface area contributed by atoms with E-state index in [1.54, 1.807) is 12.0 Å². The second-order valence-corrected chi connectivity index (χ2v) is 6.75. The lowest BCUT2D eigenvalue weighted by Crippen LogP contribution is -2.49. The second kappa shape index (κ2) is 11.1. The molecule has 2 rings (SSSR count). The van der Waals surface area contributed by atoms with Gasteiger partial charge in [0, 0.05) is 13.1 Å². The molecule has 0 aliphatic carbocycles. The van der Waals surface area contributed by atoms with Gasteiger partial charge in [-0.2, -0.15) is 0 Å². The normalized spacial score (nSPS) is 11.5. The average molecular weight is 383 g/mol. The summed E-state index contributed by atoms with van der Waals surface area (Å²) in [5.41, 5.74) is 1.87. The maximum atomic E-state index is 13.2. The number of hydrogen-bond donors (Lipinski definition) is 1. The quantitative estimate of drug-likeness (QED) is 0.683. The Kier molecular flexibility index (Phi) is 8.53. The van der Waals surface area contributed by atoms with Crippen LogP contribution < -0.4 is 10.1 Å². The summed E-state index contributed by atoms with van der Waals surface area (Å²) in [6.45, 7) is 4.91. The first-order chi connectivity index (χ1) is 13.6. The zero-order valence-corrected chi connectivity index (χ0v) is 17.0. The first-order valence-electron chi connectivity index (χ1n) is 9.83. The van der Waals surface area contributed by atoms with Gasteiger partial charge in [0.1, 0.15) is 11.8 Å². The van der Waals surface area contributed by atoms with Crippen LogP contribution in [0.25, 0.3) is 0 Å². The zero-order chi connectivity index (χ0) is 20.4. The van der Waals surface area contributed by atoms with Crippen molar-refractivity contribution in [3.63, 3.8) is 0 Å². The first-order valence-corrected chi connectivity index (χ1v) is 9.83. The van der Waals surface area contributed by atoms with Gasteiger partial charge in [0.05, 0.1) is 13.5 Å². The molecule has 5 heteroatoms. The molecule has 28 heavy (non-hydrogen) atoms. The fourth-order valence-electron chi connectivity index (χ4n) is 3.13. The lowest BCUT2D eigenvalue weighted by molar-refractivity contribution is -0.140. The van der Waals surface area contributed by atoms with Crippen molar-refractivity contribution in [3.8, 4) is 5.75 Å². The lowest BCUT2D eigenvalue weighted by Gasteiger charge is -2.31. The van der Waals surface area contributed by atoms with Gasteiger partial charge in [-0.3, -0.25) is 9.59 Å². The first kappa shape index (κ1) is 21.5. The van der Waals surface area contributed by atoms with E-state index >= 15 is 0 Å². The van der Waals surface area contributed by atoms with Crippen molar-refractivity contribution in [1.29, 1.82) is 0 Å². The Hall–Kier alpha value is -2.82. The number of carbonyl (C=O) groups is 2. The van der Waals surface area contributed by atoms with Gasteiger partial charge in [-0.15, -0.1) is 0 Å². The molecular weight excluding hydrogens is 352 g/mol. The summed E-state index contributed by atoms with van der Waals surface area (Å²) in [4.78, 5) is 27.6. The second-order valence-electron chi connectivity index (χ2n) is 6.75. The van der Waals surface area contributed by atoms with E-state index in [1.165, 1.54) is 0 Å². The van der Waals surface area contributed by atoms with Crippen LogP contribution >= 0.6 is 0 Å². The Bertz CT molecular complexity index is 761.